The summed E-state index contributed by atoms with van der Waals surface area (Å²) in [6.07, 6.45) is 1.57. The fourth-order valence-corrected chi connectivity index (χ4v) is 5.33. The molecule has 0 spiro atoms. The van der Waals surface area contributed by atoms with Crippen LogP contribution in [0.3, 0.4) is 0 Å². The Morgan fingerprint density at radius 3 is 2.54 bits per heavy atom. The molecule has 0 aliphatic carbocycles. The van der Waals surface area contributed by atoms with Gasteiger partial charge in [-0.15, -0.1) is 0 Å². The van der Waals surface area contributed by atoms with Crippen molar-refractivity contribution in [3.05, 3.63) is 95.7 Å². The van der Waals surface area contributed by atoms with Gasteiger partial charge in [-0.05, 0) is 42.5 Å². The van der Waals surface area contributed by atoms with Gasteiger partial charge in [0.2, 0.25) is 5.91 Å². The number of para-hydroxylation sites is 1. The van der Waals surface area contributed by atoms with Crippen molar-refractivity contribution in [2.75, 3.05) is 25.1 Å². The summed E-state index contributed by atoms with van der Waals surface area (Å²) >= 11 is 0. The van der Waals surface area contributed by atoms with Crippen LogP contribution in [0, 0.1) is 0 Å². The number of fused-ring (bicyclic) bond motifs is 6. The minimum Gasteiger partial charge on any atom is -0.497 e. The maximum absolute atomic E-state index is 13.5. The minimum atomic E-state index is -0.554. The molecule has 3 aromatic carbocycles. The average molecular weight is 495 g/mol. The van der Waals surface area contributed by atoms with Crippen molar-refractivity contribution in [2.24, 2.45) is 0 Å². The van der Waals surface area contributed by atoms with Gasteiger partial charge in [-0.3, -0.25) is 19.3 Å². The lowest BCUT2D eigenvalue weighted by molar-refractivity contribution is -0.121. The van der Waals surface area contributed by atoms with Gasteiger partial charge in [-0.1, -0.05) is 30.3 Å². The molecule has 6 rings (SSSR count). The van der Waals surface area contributed by atoms with E-state index in [2.05, 4.69) is 9.88 Å². The van der Waals surface area contributed by atoms with Crippen molar-refractivity contribution in [3.63, 3.8) is 0 Å². The number of carbonyl (C=O) groups is 3. The number of hydrogen-bond acceptors (Lipinski definition) is 4. The lowest BCUT2D eigenvalue weighted by Crippen LogP contribution is -2.49. The van der Waals surface area contributed by atoms with E-state index in [1.54, 1.807) is 41.2 Å². The number of anilines is 1. The Morgan fingerprint density at radius 2 is 1.70 bits per heavy atom. The van der Waals surface area contributed by atoms with Gasteiger partial charge in [0.25, 0.3) is 11.8 Å². The van der Waals surface area contributed by atoms with E-state index in [9.17, 15) is 14.4 Å². The van der Waals surface area contributed by atoms with Gasteiger partial charge >= 0.3 is 0 Å². The molecule has 8 nitrogen and oxygen atoms in total. The van der Waals surface area contributed by atoms with Crippen LogP contribution in [0.2, 0.25) is 0 Å². The Hall–Kier alpha value is -4.59. The van der Waals surface area contributed by atoms with E-state index in [-0.39, 0.29) is 30.7 Å². The van der Waals surface area contributed by atoms with E-state index < -0.39 is 6.17 Å². The van der Waals surface area contributed by atoms with Gasteiger partial charge < -0.3 is 19.5 Å². The topological polar surface area (TPSA) is 83.9 Å². The van der Waals surface area contributed by atoms with Gasteiger partial charge in [-0.2, -0.15) is 0 Å². The molecule has 37 heavy (non-hydrogen) atoms. The molecule has 0 saturated heterocycles. The lowest BCUT2D eigenvalue weighted by atomic mass is 10.0. The van der Waals surface area contributed by atoms with Crippen LogP contribution in [0.5, 0.6) is 5.75 Å². The molecular formula is C29H26N4O4. The summed E-state index contributed by atoms with van der Waals surface area (Å²) in [5.41, 5.74) is 3.51. The molecule has 0 radical (unpaired) electrons. The van der Waals surface area contributed by atoms with Crippen LogP contribution in [0.25, 0.3) is 10.9 Å². The number of carbonyl (C=O) groups excluding carboxylic acids is 3. The summed E-state index contributed by atoms with van der Waals surface area (Å²) in [6.45, 7) is 1.28. The van der Waals surface area contributed by atoms with Crippen LogP contribution < -0.4 is 15.0 Å². The molecule has 0 saturated carbocycles. The van der Waals surface area contributed by atoms with E-state index in [0.717, 1.165) is 22.2 Å². The Bertz CT molecular complexity index is 1540. The molecule has 3 heterocycles. The highest BCUT2D eigenvalue weighted by Gasteiger charge is 2.47. The van der Waals surface area contributed by atoms with Gasteiger partial charge in [0.05, 0.1) is 18.4 Å². The Morgan fingerprint density at radius 1 is 0.919 bits per heavy atom. The van der Waals surface area contributed by atoms with Gasteiger partial charge in [0.15, 0.2) is 0 Å². The van der Waals surface area contributed by atoms with E-state index in [1.807, 2.05) is 54.7 Å². The highest BCUT2D eigenvalue weighted by molar-refractivity contribution is 6.16. The van der Waals surface area contributed by atoms with E-state index in [0.29, 0.717) is 29.9 Å². The third-order valence-electron chi connectivity index (χ3n) is 7.12. The number of nitrogens with one attached hydrogen (secondary N) is 1. The van der Waals surface area contributed by atoms with Gasteiger partial charge in [0, 0.05) is 54.3 Å². The van der Waals surface area contributed by atoms with Crippen LogP contribution in [0.15, 0.2) is 79.0 Å². The molecule has 1 aromatic heterocycles. The molecule has 186 valence electrons. The van der Waals surface area contributed by atoms with Crippen molar-refractivity contribution >= 4 is 34.3 Å². The van der Waals surface area contributed by atoms with Gasteiger partial charge in [0.1, 0.15) is 11.9 Å². The first kappa shape index (κ1) is 22.8. The highest BCUT2D eigenvalue weighted by Crippen LogP contribution is 2.45. The zero-order valence-corrected chi connectivity index (χ0v) is 20.4. The third kappa shape index (κ3) is 3.81. The molecule has 3 amide bonds. The molecule has 8 heteroatoms. The minimum absolute atomic E-state index is 0.133. The van der Waals surface area contributed by atoms with Crippen molar-refractivity contribution in [3.8, 4) is 5.75 Å². The Kier molecular flexibility index (Phi) is 5.64. The summed E-state index contributed by atoms with van der Waals surface area (Å²) in [6, 6.07) is 22.4. The first-order chi connectivity index (χ1) is 18.1. The van der Waals surface area contributed by atoms with Gasteiger partial charge in [-0.25, -0.2) is 0 Å². The quantitative estimate of drug-likeness (QED) is 0.421. The molecule has 0 bridgehead atoms. The van der Waals surface area contributed by atoms with Crippen LogP contribution in [-0.2, 0) is 11.3 Å². The number of benzene rings is 3. The number of nitrogens with zero attached hydrogens (tertiary/aromatic N) is 3. The predicted octanol–water partition coefficient (Wildman–Crippen LogP) is 3.97. The number of amides is 3. The highest BCUT2D eigenvalue weighted by atomic mass is 16.5. The average Bonchev–Trinajstić information content (AvgIpc) is 3.47. The standard InChI is InChI=1S/C29H26N4O4/c1-37-20-10-11-24-19(18-20)12-15-31(24)17-14-30-26(34)13-16-32-27-21-6-2-3-7-22(21)29(36)33(27)25-9-5-4-8-23(25)28(32)35/h2-12,15,18,27H,13-14,16-17H2,1H3,(H,30,34)/t27-/m1/s1. The molecular weight excluding hydrogens is 468 g/mol. The maximum Gasteiger partial charge on any atom is 0.260 e. The molecule has 1 atom stereocenters. The fourth-order valence-electron chi connectivity index (χ4n) is 5.33. The van der Waals surface area contributed by atoms with Crippen molar-refractivity contribution in [1.29, 1.82) is 0 Å². The Balaban J connectivity index is 1.15. The second kappa shape index (κ2) is 9.13. The number of aromatic nitrogens is 1. The monoisotopic (exact) mass is 494 g/mol. The first-order valence-electron chi connectivity index (χ1n) is 12.3. The Labute approximate surface area is 214 Å². The van der Waals surface area contributed by atoms with Crippen LogP contribution >= 0.6 is 0 Å². The smallest absolute Gasteiger partial charge is 0.260 e. The molecule has 0 unspecified atom stereocenters. The second-order valence-corrected chi connectivity index (χ2v) is 9.19. The second-order valence-electron chi connectivity index (χ2n) is 9.19. The predicted molar refractivity (Wildman–Crippen MR) is 140 cm³/mol. The number of methoxy groups -OCH3 is 1. The zero-order valence-electron chi connectivity index (χ0n) is 20.4. The molecule has 1 N–H and O–H groups in total. The third-order valence-corrected chi connectivity index (χ3v) is 7.12. The lowest BCUT2D eigenvalue weighted by Gasteiger charge is -2.40. The summed E-state index contributed by atoms with van der Waals surface area (Å²) in [4.78, 5) is 42.8. The SMILES string of the molecule is COc1ccc2c(ccn2CCNC(=O)CCN2C(=O)c3ccccc3N3C(=O)c4ccccc4[C@H]23)c1. The first-order valence-corrected chi connectivity index (χ1v) is 12.3. The molecule has 2 aliphatic rings. The number of hydrogen-bond donors (Lipinski definition) is 1. The summed E-state index contributed by atoms with van der Waals surface area (Å²) in [5, 5.41) is 4.04. The fraction of sp³-hybridized carbons (Fsp3) is 0.207. The summed E-state index contributed by atoms with van der Waals surface area (Å²) < 4.78 is 7.37. The maximum atomic E-state index is 13.5. The number of ether oxygens (including phenoxy) is 1. The van der Waals surface area contributed by atoms with E-state index in [4.69, 9.17) is 4.74 Å². The molecule has 4 aromatic rings. The largest absolute Gasteiger partial charge is 0.497 e. The van der Waals surface area contributed by atoms with Crippen molar-refractivity contribution < 1.29 is 19.1 Å². The van der Waals surface area contributed by atoms with E-state index in [1.165, 1.54) is 0 Å². The molecule has 0 fully saturated rings. The van der Waals surface area contributed by atoms with Crippen molar-refractivity contribution in [2.45, 2.75) is 19.1 Å². The van der Waals surface area contributed by atoms with E-state index >= 15 is 0 Å². The zero-order chi connectivity index (χ0) is 25.5. The van der Waals surface area contributed by atoms with Crippen LogP contribution in [0.4, 0.5) is 5.69 Å². The summed E-state index contributed by atoms with van der Waals surface area (Å²) in [5.74, 6) is 0.350. The van der Waals surface area contributed by atoms with Crippen LogP contribution in [0.1, 0.15) is 38.9 Å². The molecule has 2 aliphatic heterocycles. The number of rotatable bonds is 7. The van der Waals surface area contributed by atoms with Crippen LogP contribution in [-0.4, -0.2) is 47.4 Å². The van der Waals surface area contributed by atoms with Crippen molar-refractivity contribution in [1.82, 2.24) is 14.8 Å². The summed E-state index contributed by atoms with van der Waals surface area (Å²) in [7, 11) is 1.64. The normalized spacial score (nSPS) is 16.0.